The number of rotatable bonds is 10. The number of guanidine groups is 1. The molecule has 172 valence electrons. The van der Waals surface area contributed by atoms with E-state index in [4.69, 9.17) is 9.47 Å². The quantitative estimate of drug-likeness (QED) is 0.229. The van der Waals surface area contributed by atoms with Crippen LogP contribution in [0.1, 0.15) is 18.3 Å². The zero-order chi connectivity index (χ0) is 21.9. The zero-order valence-electron chi connectivity index (χ0n) is 18.8. The van der Waals surface area contributed by atoms with E-state index in [1.54, 1.807) is 14.2 Å². The number of imidazole rings is 1. The number of hydrogen-bond donors (Lipinski definition) is 2. The van der Waals surface area contributed by atoms with Gasteiger partial charge in [-0.3, -0.25) is 4.99 Å². The highest BCUT2D eigenvalue weighted by Crippen LogP contribution is 2.19. The minimum atomic E-state index is -0.0320. The Morgan fingerprint density at radius 3 is 2.62 bits per heavy atom. The standard InChI is InChI=1S/C24H31N5O2.HI/c1-19(31-22-11-7-10-21(16-22)30-3)17-28-24(25-2)27-13-12-23-26-14-15-29(23)18-20-8-5-4-6-9-20;/h4-11,14-16,19H,12-13,17-18H2,1-3H3,(H2,25,27,28);1H. The Kier molecular flexibility index (Phi) is 10.9. The lowest BCUT2D eigenvalue weighted by atomic mass is 10.2. The molecule has 0 aliphatic rings. The van der Waals surface area contributed by atoms with Crippen molar-refractivity contribution in [1.82, 2.24) is 20.2 Å². The molecule has 2 N–H and O–H groups in total. The average Bonchev–Trinajstić information content (AvgIpc) is 3.23. The fourth-order valence-electron chi connectivity index (χ4n) is 3.19. The molecule has 0 spiro atoms. The van der Waals surface area contributed by atoms with Gasteiger partial charge in [0.1, 0.15) is 23.4 Å². The minimum absolute atomic E-state index is 0. The second-order valence-corrected chi connectivity index (χ2v) is 7.19. The Bertz CT molecular complexity index is 962. The van der Waals surface area contributed by atoms with Crippen molar-refractivity contribution in [2.45, 2.75) is 26.0 Å². The van der Waals surface area contributed by atoms with Crippen LogP contribution >= 0.6 is 24.0 Å². The molecule has 1 atom stereocenters. The molecule has 0 amide bonds. The van der Waals surface area contributed by atoms with Crippen molar-refractivity contribution in [3.8, 4) is 11.5 Å². The molecule has 0 aliphatic heterocycles. The van der Waals surface area contributed by atoms with Crippen LogP contribution in [0.4, 0.5) is 0 Å². The lowest BCUT2D eigenvalue weighted by Crippen LogP contribution is -2.42. The van der Waals surface area contributed by atoms with E-state index in [0.29, 0.717) is 6.54 Å². The summed E-state index contributed by atoms with van der Waals surface area (Å²) >= 11 is 0. The maximum Gasteiger partial charge on any atom is 0.191 e. The third kappa shape index (κ3) is 8.07. The van der Waals surface area contributed by atoms with Gasteiger partial charge in [-0.05, 0) is 24.6 Å². The molecule has 1 heterocycles. The van der Waals surface area contributed by atoms with Crippen LogP contribution in [-0.2, 0) is 13.0 Å². The highest BCUT2D eigenvalue weighted by molar-refractivity contribution is 14.0. The molecule has 1 aromatic heterocycles. The molecule has 0 saturated carbocycles. The number of ether oxygens (including phenoxy) is 2. The molecule has 3 aromatic rings. The summed E-state index contributed by atoms with van der Waals surface area (Å²) in [5.41, 5.74) is 1.26. The second-order valence-electron chi connectivity index (χ2n) is 7.19. The van der Waals surface area contributed by atoms with E-state index in [0.717, 1.165) is 42.8 Å². The molecule has 2 aromatic carbocycles. The summed E-state index contributed by atoms with van der Waals surface area (Å²) in [6.07, 6.45) is 4.64. The topological polar surface area (TPSA) is 72.7 Å². The van der Waals surface area contributed by atoms with Gasteiger partial charge in [0.2, 0.25) is 0 Å². The Balaban J connectivity index is 0.00000363. The largest absolute Gasteiger partial charge is 0.497 e. The van der Waals surface area contributed by atoms with Crippen molar-refractivity contribution in [2.75, 3.05) is 27.2 Å². The monoisotopic (exact) mass is 549 g/mol. The van der Waals surface area contributed by atoms with Gasteiger partial charge >= 0.3 is 0 Å². The van der Waals surface area contributed by atoms with Crippen molar-refractivity contribution in [3.63, 3.8) is 0 Å². The molecule has 0 saturated heterocycles. The van der Waals surface area contributed by atoms with Gasteiger partial charge in [-0.2, -0.15) is 0 Å². The van der Waals surface area contributed by atoms with Crippen LogP contribution in [-0.4, -0.2) is 48.9 Å². The molecule has 32 heavy (non-hydrogen) atoms. The molecule has 0 fully saturated rings. The van der Waals surface area contributed by atoms with Gasteiger partial charge in [-0.25, -0.2) is 4.98 Å². The summed E-state index contributed by atoms with van der Waals surface area (Å²) in [4.78, 5) is 8.80. The number of hydrogen-bond acceptors (Lipinski definition) is 4. The van der Waals surface area contributed by atoms with Crippen LogP contribution in [0, 0.1) is 0 Å². The number of halogens is 1. The molecule has 0 aliphatic carbocycles. The first kappa shape index (κ1) is 25.5. The zero-order valence-corrected chi connectivity index (χ0v) is 21.2. The van der Waals surface area contributed by atoms with Crippen molar-refractivity contribution in [1.29, 1.82) is 0 Å². The van der Waals surface area contributed by atoms with Crippen LogP contribution in [0.5, 0.6) is 11.5 Å². The number of aromatic nitrogens is 2. The predicted molar refractivity (Wildman–Crippen MR) is 139 cm³/mol. The summed E-state index contributed by atoms with van der Waals surface area (Å²) < 4.78 is 13.4. The maximum atomic E-state index is 5.95. The fourth-order valence-corrected chi connectivity index (χ4v) is 3.19. The molecule has 1 unspecified atom stereocenters. The number of nitrogens with one attached hydrogen (secondary N) is 2. The lowest BCUT2D eigenvalue weighted by Gasteiger charge is -2.18. The Morgan fingerprint density at radius 1 is 1.09 bits per heavy atom. The van der Waals surface area contributed by atoms with Gasteiger partial charge in [0, 0.05) is 45.0 Å². The summed E-state index contributed by atoms with van der Waals surface area (Å²) in [5.74, 6) is 3.34. The van der Waals surface area contributed by atoms with E-state index in [9.17, 15) is 0 Å². The van der Waals surface area contributed by atoms with E-state index in [2.05, 4.69) is 49.4 Å². The number of methoxy groups -OCH3 is 1. The van der Waals surface area contributed by atoms with E-state index in [1.165, 1.54) is 5.56 Å². The van der Waals surface area contributed by atoms with Gasteiger partial charge in [0.05, 0.1) is 13.7 Å². The first-order chi connectivity index (χ1) is 15.2. The summed E-state index contributed by atoms with van der Waals surface area (Å²) in [6, 6.07) is 18.0. The molecule has 0 bridgehead atoms. The Morgan fingerprint density at radius 2 is 1.88 bits per heavy atom. The average molecular weight is 549 g/mol. The smallest absolute Gasteiger partial charge is 0.191 e. The van der Waals surface area contributed by atoms with Crippen molar-refractivity contribution < 1.29 is 9.47 Å². The highest BCUT2D eigenvalue weighted by Gasteiger charge is 2.08. The van der Waals surface area contributed by atoms with E-state index in [-0.39, 0.29) is 30.1 Å². The predicted octanol–water partition coefficient (Wildman–Crippen LogP) is 3.73. The second kappa shape index (κ2) is 13.6. The molecule has 0 radical (unpaired) electrons. The maximum absolute atomic E-state index is 5.95. The third-order valence-corrected chi connectivity index (χ3v) is 4.80. The van der Waals surface area contributed by atoms with Crippen LogP contribution in [0.25, 0.3) is 0 Å². The Hall–Kier alpha value is -2.75. The van der Waals surface area contributed by atoms with Gasteiger partial charge in [-0.15, -0.1) is 24.0 Å². The van der Waals surface area contributed by atoms with Crippen LogP contribution in [0.15, 0.2) is 72.0 Å². The normalized spacial score (nSPS) is 11.9. The van der Waals surface area contributed by atoms with Crippen molar-refractivity contribution >= 4 is 29.9 Å². The Labute approximate surface area is 207 Å². The van der Waals surface area contributed by atoms with Crippen LogP contribution in [0.2, 0.25) is 0 Å². The van der Waals surface area contributed by atoms with E-state index >= 15 is 0 Å². The summed E-state index contributed by atoms with van der Waals surface area (Å²) in [7, 11) is 3.41. The molecule has 8 heteroatoms. The van der Waals surface area contributed by atoms with E-state index in [1.807, 2.05) is 49.6 Å². The van der Waals surface area contributed by atoms with E-state index < -0.39 is 0 Å². The first-order valence-electron chi connectivity index (χ1n) is 10.5. The summed E-state index contributed by atoms with van der Waals surface area (Å²) in [5, 5.41) is 6.65. The number of nitrogens with zero attached hydrogens (tertiary/aromatic N) is 3. The van der Waals surface area contributed by atoms with Gasteiger partial charge < -0.3 is 24.7 Å². The fraction of sp³-hybridized carbons (Fsp3) is 0.333. The highest BCUT2D eigenvalue weighted by atomic mass is 127. The van der Waals surface area contributed by atoms with Gasteiger partial charge in [0.25, 0.3) is 0 Å². The minimum Gasteiger partial charge on any atom is -0.497 e. The molecular weight excluding hydrogens is 517 g/mol. The molecule has 3 rings (SSSR count). The van der Waals surface area contributed by atoms with Crippen LogP contribution in [0.3, 0.4) is 0 Å². The van der Waals surface area contributed by atoms with Crippen molar-refractivity contribution in [3.05, 3.63) is 78.4 Å². The molecule has 7 nitrogen and oxygen atoms in total. The third-order valence-electron chi connectivity index (χ3n) is 4.80. The van der Waals surface area contributed by atoms with Gasteiger partial charge in [-0.1, -0.05) is 36.4 Å². The molecular formula is C24H32IN5O2. The number of benzene rings is 2. The van der Waals surface area contributed by atoms with Crippen LogP contribution < -0.4 is 20.1 Å². The van der Waals surface area contributed by atoms with Gasteiger partial charge in [0.15, 0.2) is 5.96 Å². The first-order valence-corrected chi connectivity index (χ1v) is 10.5. The summed E-state index contributed by atoms with van der Waals surface area (Å²) in [6.45, 7) is 4.19. The SMILES string of the molecule is CN=C(NCCc1nccn1Cc1ccccc1)NCC(C)Oc1cccc(OC)c1.I. The number of aliphatic imine (C=N–C) groups is 1. The lowest BCUT2D eigenvalue weighted by molar-refractivity contribution is 0.223. The van der Waals surface area contributed by atoms with Crippen molar-refractivity contribution in [2.24, 2.45) is 4.99 Å².